The van der Waals surface area contributed by atoms with Crippen molar-refractivity contribution in [2.45, 2.75) is 39.2 Å². The lowest BCUT2D eigenvalue weighted by molar-refractivity contribution is 0.0918. The van der Waals surface area contributed by atoms with Crippen LogP contribution in [0.3, 0.4) is 0 Å². The molecule has 18 heavy (non-hydrogen) atoms. The molecule has 1 fully saturated rings. The smallest absolute Gasteiger partial charge is 0.317 e. The molecule has 0 spiro atoms. The highest BCUT2D eigenvalue weighted by molar-refractivity contribution is 5.92. The number of rotatable bonds is 3. The highest BCUT2D eigenvalue weighted by Gasteiger charge is 2.26. The van der Waals surface area contributed by atoms with Gasteiger partial charge in [-0.05, 0) is 37.2 Å². The lowest BCUT2D eigenvalue weighted by Crippen LogP contribution is -2.29. The predicted molar refractivity (Wildman–Crippen MR) is 69.6 cm³/mol. The molecule has 1 aliphatic rings. The van der Waals surface area contributed by atoms with Crippen molar-refractivity contribution in [1.82, 2.24) is 9.97 Å². The zero-order valence-corrected chi connectivity index (χ0v) is 10.9. The maximum Gasteiger partial charge on any atom is 0.317 e. The molecule has 5 heteroatoms. The fourth-order valence-electron chi connectivity index (χ4n) is 2.30. The summed E-state index contributed by atoms with van der Waals surface area (Å²) < 4.78 is 5.79. The molecule has 0 amide bonds. The minimum absolute atomic E-state index is 0.0621. The summed E-state index contributed by atoms with van der Waals surface area (Å²) in [5.74, 6) is 1.36. The molecule has 0 bridgehead atoms. The van der Waals surface area contributed by atoms with E-state index in [2.05, 4.69) is 23.8 Å². The number of nitrogens with one attached hydrogen (secondary N) is 1. The van der Waals surface area contributed by atoms with Gasteiger partial charge in [-0.3, -0.25) is 5.41 Å². The van der Waals surface area contributed by atoms with Crippen LogP contribution in [0.1, 0.15) is 38.8 Å². The number of hydrogen-bond acceptors (Lipinski definition) is 4. The van der Waals surface area contributed by atoms with E-state index in [1.54, 1.807) is 12.3 Å². The average molecular weight is 248 g/mol. The summed E-state index contributed by atoms with van der Waals surface area (Å²) in [6, 6.07) is 1.94. The first-order valence-corrected chi connectivity index (χ1v) is 6.40. The topological polar surface area (TPSA) is 84.9 Å². The van der Waals surface area contributed by atoms with Gasteiger partial charge in [0.2, 0.25) is 0 Å². The van der Waals surface area contributed by atoms with E-state index in [1.807, 2.05) is 0 Å². The van der Waals surface area contributed by atoms with Gasteiger partial charge < -0.3 is 10.5 Å². The molecule has 98 valence electrons. The number of aromatic nitrogens is 2. The van der Waals surface area contributed by atoms with E-state index in [0.717, 1.165) is 18.8 Å². The van der Waals surface area contributed by atoms with Crippen LogP contribution in [0.5, 0.6) is 6.01 Å². The normalized spacial score (nSPS) is 27.8. The molecule has 1 aromatic heterocycles. The highest BCUT2D eigenvalue weighted by Crippen LogP contribution is 2.31. The van der Waals surface area contributed by atoms with Gasteiger partial charge in [0.15, 0.2) is 0 Å². The maximum atomic E-state index is 7.34. The quantitative estimate of drug-likeness (QED) is 0.632. The fraction of sp³-hybridized carbons (Fsp3) is 0.615. The van der Waals surface area contributed by atoms with Crippen LogP contribution in [0.15, 0.2) is 12.3 Å². The van der Waals surface area contributed by atoms with Crippen LogP contribution in [0, 0.1) is 17.2 Å². The molecule has 1 heterocycles. The monoisotopic (exact) mass is 248 g/mol. The lowest BCUT2D eigenvalue weighted by Gasteiger charge is -2.31. The predicted octanol–water partition coefficient (Wildman–Crippen LogP) is 1.96. The molecule has 3 atom stereocenters. The third-order valence-electron chi connectivity index (χ3n) is 3.73. The summed E-state index contributed by atoms with van der Waals surface area (Å²) in [4.78, 5) is 8.20. The standard InChI is InChI=1S/C13H20N4O/c1-8-3-4-10(7-9(8)2)18-13-16-6-5-11(17-13)12(14)15/h5-6,8-10H,3-4,7H2,1-2H3,(H3,14,15). The molecule has 0 aromatic carbocycles. The Kier molecular flexibility index (Phi) is 3.79. The summed E-state index contributed by atoms with van der Waals surface area (Å²) in [6.45, 7) is 4.54. The van der Waals surface area contributed by atoms with Crippen LogP contribution >= 0.6 is 0 Å². The summed E-state index contributed by atoms with van der Waals surface area (Å²) in [5.41, 5.74) is 5.81. The third-order valence-corrected chi connectivity index (χ3v) is 3.73. The van der Waals surface area contributed by atoms with Crippen LogP contribution in [-0.2, 0) is 0 Å². The van der Waals surface area contributed by atoms with Gasteiger partial charge in [-0.25, -0.2) is 4.98 Å². The van der Waals surface area contributed by atoms with Crippen LogP contribution in [0.25, 0.3) is 0 Å². The van der Waals surface area contributed by atoms with E-state index >= 15 is 0 Å². The number of nitrogen functional groups attached to an aromatic ring is 1. The molecular formula is C13H20N4O. The highest BCUT2D eigenvalue weighted by atomic mass is 16.5. The zero-order valence-electron chi connectivity index (χ0n) is 10.9. The van der Waals surface area contributed by atoms with Crippen molar-refractivity contribution in [3.05, 3.63) is 18.0 Å². The van der Waals surface area contributed by atoms with Crippen LogP contribution < -0.4 is 10.5 Å². The number of nitrogens with zero attached hydrogens (tertiary/aromatic N) is 2. The number of nitrogens with two attached hydrogens (primary N) is 1. The summed E-state index contributed by atoms with van der Waals surface area (Å²) >= 11 is 0. The molecule has 1 saturated carbocycles. The molecule has 0 aliphatic heterocycles. The second kappa shape index (κ2) is 5.33. The van der Waals surface area contributed by atoms with Gasteiger partial charge in [0.25, 0.3) is 0 Å². The molecule has 5 nitrogen and oxygen atoms in total. The Labute approximate surface area is 107 Å². The number of ether oxygens (including phenoxy) is 1. The molecule has 2 rings (SSSR count). The first kappa shape index (κ1) is 12.8. The van der Waals surface area contributed by atoms with Crippen molar-refractivity contribution in [3.8, 4) is 6.01 Å². The van der Waals surface area contributed by atoms with Gasteiger partial charge >= 0.3 is 6.01 Å². The summed E-state index contributed by atoms with van der Waals surface area (Å²) in [5, 5.41) is 7.34. The van der Waals surface area contributed by atoms with E-state index in [1.165, 1.54) is 6.42 Å². The molecule has 3 N–H and O–H groups in total. The van der Waals surface area contributed by atoms with Crippen LogP contribution in [-0.4, -0.2) is 21.9 Å². The van der Waals surface area contributed by atoms with Gasteiger partial charge in [-0.15, -0.1) is 0 Å². The van der Waals surface area contributed by atoms with Crippen molar-refractivity contribution in [2.75, 3.05) is 0 Å². The second-order valence-corrected chi connectivity index (χ2v) is 5.15. The van der Waals surface area contributed by atoms with E-state index in [9.17, 15) is 0 Å². The molecule has 1 aromatic rings. The van der Waals surface area contributed by atoms with Gasteiger partial charge in [0.1, 0.15) is 17.6 Å². The maximum absolute atomic E-state index is 7.34. The van der Waals surface area contributed by atoms with Gasteiger partial charge in [-0.2, -0.15) is 4.98 Å². The van der Waals surface area contributed by atoms with E-state index < -0.39 is 0 Å². The fourth-order valence-corrected chi connectivity index (χ4v) is 2.30. The van der Waals surface area contributed by atoms with Gasteiger partial charge in [0.05, 0.1) is 0 Å². The number of hydrogen-bond donors (Lipinski definition) is 2. The zero-order chi connectivity index (χ0) is 13.1. The first-order valence-electron chi connectivity index (χ1n) is 6.40. The molecule has 0 saturated heterocycles. The van der Waals surface area contributed by atoms with Gasteiger partial charge in [-0.1, -0.05) is 13.8 Å². The Morgan fingerprint density at radius 1 is 1.39 bits per heavy atom. The van der Waals surface area contributed by atoms with Crippen molar-refractivity contribution >= 4 is 5.84 Å². The van der Waals surface area contributed by atoms with Crippen LogP contribution in [0.2, 0.25) is 0 Å². The largest absolute Gasteiger partial charge is 0.460 e. The van der Waals surface area contributed by atoms with E-state index in [-0.39, 0.29) is 11.9 Å². The van der Waals surface area contributed by atoms with E-state index in [0.29, 0.717) is 17.6 Å². The Morgan fingerprint density at radius 2 is 2.17 bits per heavy atom. The van der Waals surface area contributed by atoms with Gasteiger partial charge in [0, 0.05) is 6.20 Å². The van der Waals surface area contributed by atoms with Crippen molar-refractivity contribution < 1.29 is 4.74 Å². The second-order valence-electron chi connectivity index (χ2n) is 5.15. The Bertz CT molecular complexity index is 435. The van der Waals surface area contributed by atoms with Crippen LogP contribution in [0.4, 0.5) is 0 Å². The minimum Gasteiger partial charge on any atom is -0.460 e. The molecule has 0 radical (unpaired) electrons. The summed E-state index contributed by atoms with van der Waals surface area (Å²) in [7, 11) is 0. The number of amidine groups is 1. The SMILES string of the molecule is CC1CCC(Oc2nccc(C(=N)N)n2)CC1C. The first-order chi connectivity index (χ1) is 8.56. The Morgan fingerprint density at radius 3 is 2.83 bits per heavy atom. The molecular weight excluding hydrogens is 228 g/mol. The van der Waals surface area contributed by atoms with Crippen molar-refractivity contribution in [2.24, 2.45) is 17.6 Å². The molecule has 1 aliphatic carbocycles. The Hall–Kier alpha value is -1.65. The minimum atomic E-state index is -0.0621. The van der Waals surface area contributed by atoms with Crippen molar-refractivity contribution in [1.29, 1.82) is 5.41 Å². The summed E-state index contributed by atoms with van der Waals surface area (Å²) in [6.07, 6.45) is 5.01. The molecule has 3 unspecified atom stereocenters. The Balaban J connectivity index is 2.01. The lowest BCUT2D eigenvalue weighted by atomic mass is 9.80. The average Bonchev–Trinajstić information content (AvgIpc) is 2.34. The van der Waals surface area contributed by atoms with Crippen molar-refractivity contribution in [3.63, 3.8) is 0 Å². The van der Waals surface area contributed by atoms with E-state index in [4.69, 9.17) is 15.9 Å². The third kappa shape index (κ3) is 2.97.